The summed E-state index contributed by atoms with van der Waals surface area (Å²) in [5, 5.41) is 0. The number of nitrogens with zero attached hydrogens (tertiary/aromatic N) is 2. The summed E-state index contributed by atoms with van der Waals surface area (Å²) in [6.45, 7) is 7.37. The van der Waals surface area contributed by atoms with Crippen LogP contribution in [-0.4, -0.2) is 34.6 Å². The molecule has 1 unspecified atom stereocenters. The first-order valence-electron chi connectivity index (χ1n) is 8.55. The van der Waals surface area contributed by atoms with Gasteiger partial charge in [-0.1, -0.05) is 44.2 Å². The third kappa shape index (κ3) is 4.84. The van der Waals surface area contributed by atoms with Crippen molar-refractivity contribution in [2.24, 2.45) is 5.92 Å². The molecule has 1 aromatic carbocycles. The first-order valence-corrected chi connectivity index (χ1v) is 8.55. The van der Waals surface area contributed by atoms with Crippen LogP contribution < -0.4 is 0 Å². The Hall–Kier alpha value is -2.83. The second-order valence-corrected chi connectivity index (χ2v) is 6.09. The fourth-order valence-corrected chi connectivity index (χ4v) is 2.37. The van der Waals surface area contributed by atoms with Crippen molar-refractivity contribution >= 4 is 12.1 Å². The van der Waals surface area contributed by atoms with Crippen LogP contribution in [-0.2, 0) is 14.2 Å². The molecule has 7 heteroatoms. The van der Waals surface area contributed by atoms with Crippen molar-refractivity contribution in [1.82, 2.24) is 9.55 Å². The summed E-state index contributed by atoms with van der Waals surface area (Å²) in [7, 11) is 0. The van der Waals surface area contributed by atoms with Gasteiger partial charge in [-0.15, -0.1) is 0 Å². The van der Waals surface area contributed by atoms with E-state index >= 15 is 0 Å². The lowest BCUT2D eigenvalue weighted by Crippen LogP contribution is -2.30. The first-order chi connectivity index (χ1) is 12.4. The number of carbonyl (C=O) groups is 2. The van der Waals surface area contributed by atoms with Crippen LogP contribution in [0.15, 0.2) is 42.9 Å². The van der Waals surface area contributed by atoms with Gasteiger partial charge in [0.25, 0.3) is 6.29 Å². The van der Waals surface area contributed by atoms with Crippen molar-refractivity contribution in [3.05, 3.63) is 54.1 Å². The van der Waals surface area contributed by atoms with Crippen molar-refractivity contribution in [1.29, 1.82) is 0 Å². The molecule has 0 aliphatic carbocycles. The van der Waals surface area contributed by atoms with E-state index < -0.39 is 18.4 Å². The van der Waals surface area contributed by atoms with E-state index in [-0.39, 0.29) is 24.3 Å². The molecular weight excluding hydrogens is 336 g/mol. The van der Waals surface area contributed by atoms with Gasteiger partial charge in [0, 0.05) is 5.92 Å². The zero-order valence-electron chi connectivity index (χ0n) is 15.4. The molecule has 0 bridgehead atoms. The Kier molecular flexibility index (Phi) is 6.77. The third-order valence-electron chi connectivity index (χ3n) is 3.82. The van der Waals surface area contributed by atoms with Crippen molar-refractivity contribution in [3.8, 4) is 0 Å². The topological polar surface area (TPSA) is 79.7 Å². The summed E-state index contributed by atoms with van der Waals surface area (Å²) < 4.78 is 16.9. The van der Waals surface area contributed by atoms with Crippen molar-refractivity contribution < 1.29 is 23.8 Å². The quantitative estimate of drug-likeness (QED) is 0.552. The van der Waals surface area contributed by atoms with Crippen LogP contribution in [0.4, 0.5) is 4.79 Å². The maximum atomic E-state index is 12.6. The average Bonchev–Trinajstić information content (AvgIpc) is 3.11. The van der Waals surface area contributed by atoms with E-state index in [9.17, 15) is 9.59 Å². The summed E-state index contributed by atoms with van der Waals surface area (Å²) in [4.78, 5) is 28.2. The molecule has 7 nitrogen and oxygen atoms in total. The SMILES string of the molecule is CCOC(=O)OC(OC(=O)c1cncn1[C@H](C)c1ccccc1)C(C)C. The minimum absolute atomic E-state index is 0.107. The molecule has 0 radical (unpaired) electrons. The van der Waals surface area contributed by atoms with Crippen molar-refractivity contribution in [3.63, 3.8) is 0 Å². The van der Waals surface area contributed by atoms with Gasteiger partial charge in [0.05, 0.1) is 25.2 Å². The molecule has 0 aliphatic heterocycles. The lowest BCUT2D eigenvalue weighted by Gasteiger charge is -2.22. The molecule has 0 aliphatic rings. The van der Waals surface area contributed by atoms with Gasteiger partial charge in [0.1, 0.15) is 5.69 Å². The van der Waals surface area contributed by atoms with Gasteiger partial charge in [-0.25, -0.2) is 14.6 Å². The average molecular weight is 360 g/mol. The van der Waals surface area contributed by atoms with E-state index in [1.165, 1.54) is 6.20 Å². The number of imidazole rings is 1. The van der Waals surface area contributed by atoms with Crippen LogP contribution in [0.1, 0.15) is 49.8 Å². The molecule has 0 spiro atoms. The minimum Gasteiger partial charge on any atom is -0.435 e. The summed E-state index contributed by atoms with van der Waals surface area (Å²) >= 11 is 0. The Bertz CT molecular complexity index is 727. The number of hydrogen-bond donors (Lipinski definition) is 0. The molecule has 0 amide bonds. The largest absolute Gasteiger partial charge is 0.511 e. The standard InChI is InChI=1S/C19H24N2O5/c1-5-24-19(23)26-18(13(2)3)25-17(22)16-11-20-12-21(16)14(4)15-9-7-6-8-10-15/h6-14,18H,5H2,1-4H3/t14-,18?/m1/s1. The Balaban J connectivity index is 2.14. The third-order valence-corrected chi connectivity index (χ3v) is 3.82. The van der Waals surface area contributed by atoms with Gasteiger partial charge < -0.3 is 18.8 Å². The highest BCUT2D eigenvalue weighted by Crippen LogP contribution is 2.21. The summed E-state index contributed by atoms with van der Waals surface area (Å²) in [5.74, 6) is -0.848. The molecule has 1 heterocycles. The van der Waals surface area contributed by atoms with Crippen LogP contribution in [0, 0.1) is 5.92 Å². The van der Waals surface area contributed by atoms with Crippen molar-refractivity contribution in [2.45, 2.75) is 40.0 Å². The molecule has 2 rings (SSSR count). The number of esters is 1. The van der Waals surface area contributed by atoms with E-state index in [1.54, 1.807) is 31.7 Å². The highest BCUT2D eigenvalue weighted by molar-refractivity contribution is 5.87. The molecule has 140 valence electrons. The molecule has 0 N–H and O–H groups in total. The van der Waals surface area contributed by atoms with E-state index in [1.807, 2.05) is 37.3 Å². The fourth-order valence-electron chi connectivity index (χ4n) is 2.37. The minimum atomic E-state index is -1.04. The molecule has 26 heavy (non-hydrogen) atoms. The summed E-state index contributed by atoms with van der Waals surface area (Å²) in [6.07, 6.45) is 1.09. The Morgan fingerprint density at radius 3 is 2.42 bits per heavy atom. The highest BCUT2D eigenvalue weighted by Gasteiger charge is 2.26. The zero-order valence-corrected chi connectivity index (χ0v) is 15.4. The predicted molar refractivity (Wildman–Crippen MR) is 94.6 cm³/mol. The number of carbonyl (C=O) groups excluding carboxylic acids is 2. The normalized spacial score (nSPS) is 13.1. The number of ether oxygens (including phenoxy) is 3. The monoisotopic (exact) mass is 360 g/mol. The molecule has 2 atom stereocenters. The van der Waals surface area contributed by atoms with E-state index in [4.69, 9.17) is 14.2 Å². The maximum absolute atomic E-state index is 12.6. The van der Waals surface area contributed by atoms with Crippen molar-refractivity contribution in [2.75, 3.05) is 6.61 Å². The van der Waals surface area contributed by atoms with Crippen LogP contribution in [0.5, 0.6) is 0 Å². The lowest BCUT2D eigenvalue weighted by molar-refractivity contribution is -0.114. The predicted octanol–water partition coefficient (Wildman–Crippen LogP) is 3.80. The Labute approximate surface area is 152 Å². The number of rotatable bonds is 7. The van der Waals surface area contributed by atoms with Gasteiger partial charge >= 0.3 is 12.1 Å². The van der Waals surface area contributed by atoms with Gasteiger partial charge in [0.15, 0.2) is 0 Å². The van der Waals surface area contributed by atoms with E-state index in [2.05, 4.69) is 4.98 Å². The number of hydrogen-bond acceptors (Lipinski definition) is 6. The molecule has 2 aromatic rings. The summed E-state index contributed by atoms with van der Waals surface area (Å²) in [5.41, 5.74) is 1.31. The van der Waals surface area contributed by atoms with Crippen LogP contribution >= 0.6 is 0 Å². The molecule has 0 saturated carbocycles. The highest BCUT2D eigenvalue weighted by atomic mass is 16.8. The van der Waals surface area contributed by atoms with Gasteiger partial charge in [-0.05, 0) is 19.4 Å². The van der Waals surface area contributed by atoms with Crippen LogP contribution in [0.3, 0.4) is 0 Å². The van der Waals surface area contributed by atoms with E-state index in [0.29, 0.717) is 0 Å². The van der Waals surface area contributed by atoms with Gasteiger partial charge in [0.2, 0.25) is 0 Å². The molecular formula is C19H24N2O5. The Morgan fingerprint density at radius 2 is 1.81 bits per heavy atom. The molecule has 0 saturated heterocycles. The van der Waals surface area contributed by atoms with E-state index in [0.717, 1.165) is 5.56 Å². The zero-order chi connectivity index (χ0) is 19.1. The van der Waals surface area contributed by atoms with Gasteiger partial charge in [-0.3, -0.25) is 0 Å². The summed E-state index contributed by atoms with van der Waals surface area (Å²) in [6, 6.07) is 9.64. The molecule has 0 fully saturated rings. The lowest BCUT2D eigenvalue weighted by atomic mass is 10.1. The Morgan fingerprint density at radius 1 is 1.12 bits per heavy atom. The fraction of sp³-hybridized carbons (Fsp3) is 0.421. The van der Waals surface area contributed by atoms with Gasteiger partial charge in [-0.2, -0.15) is 0 Å². The first kappa shape index (κ1) is 19.5. The number of aromatic nitrogens is 2. The smallest absolute Gasteiger partial charge is 0.435 e. The van der Waals surface area contributed by atoms with Crippen LogP contribution in [0.25, 0.3) is 0 Å². The second-order valence-electron chi connectivity index (χ2n) is 6.09. The van der Waals surface area contributed by atoms with Crippen LogP contribution in [0.2, 0.25) is 0 Å². The number of benzene rings is 1. The molecule has 1 aromatic heterocycles. The maximum Gasteiger partial charge on any atom is 0.511 e. The second kappa shape index (κ2) is 9.03.